The molecule has 1 N–H and O–H groups in total. The first-order chi connectivity index (χ1) is 14.5. The number of rotatable bonds is 4. The summed E-state index contributed by atoms with van der Waals surface area (Å²) in [4.78, 5) is 27.6. The summed E-state index contributed by atoms with van der Waals surface area (Å²) in [5.41, 5.74) is 1.06. The van der Waals surface area contributed by atoms with Crippen molar-refractivity contribution >= 4 is 11.8 Å². The van der Waals surface area contributed by atoms with Crippen molar-refractivity contribution in [2.45, 2.75) is 37.7 Å². The average molecular weight is 408 g/mol. The van der Waals surface area contributed by atoms with E-state index in [0.717, 1.165) is 12.0 Å². The van der Waals surface area contributed by atoms with Gasteiger partial charge in [-0.25, -0.2) is 0 Å². The number of carbonyl (C=O) groups excluding carboxylic acids is 2. The summed E-state index contributed by atoms with van der Waals surface area (Å²) in [6.07, 6.45) is 2.10. The number of fused-ring (bicyclic) bond motifs is 1. The normalized spacial score (nSPS) is 18.6. The van der Waals surface area contributed by atoms with Gasteiger partial charge in [-0.15, -0.1) is 0 Å². The van der Waals surface area contributed by atoms with E-state index in [-0.39, 0.29) is 17.7 Å². The second-order valence-corrected chi connectivity index (χ2v) is 8.03. The SMILES string of the molecule is CCC(C(=O)N1CCC2(CC1)CNC(=O)c1ccc(OC)cc1O2)c1ccccc1. The lowest BCUT2D eigenvalue weighted by molar-refractivity contribution is -0.136. The molecule has 2 aliphatic rings. The zero-order valence-electron chi connectivity index (χ0n) is 17.5. The number of nitrogens with zero attached hydrogens (tertiary/aromatic N) is 1. The molecule has 6 nitrogen and oxygen atoms in total. The predicted molar refractivity (Wildman–Crippen MR) is 114 cm³/mol. The molecule has 2 aromatic rings. The van der Waals surface area contributed by atoms with Crippen molar-refractivity contribution in [2.75, 3.05) is 26.7 Å². The minimum Gasteiger partial charge on any atom is -0.497 e. The quantitative estimate of drug-likeness (QED) is 0.842. The van der Waals surface area contributed by atoms with Crippen LogP contribution in [0.15, 0.2) is 48.5 Å². The zero-order valence-corrected chi connectivity index (χ0v) is 17.5. The molecule has 0 bridgehead atoms. The zero-order chi connectivity index (χ0) is 21.1. The Morgan fingerprint density at radius 1 is 1.20 bits per heavy atom. The highest BCUT2D eigenvalue weighted by molar-refractivity contribution is 5.97. The number of hydrogen-bond acceptors (Lipinski definition) is 4. The van der Waals surface area contributed by atoms with E-state index in [2.05, 4.69) is 12.2 Å². The fourth-order valence-corrected chi connectivity index (χ4v) is 4.38. The number of amides is 2. The highest BCUT2D eigenvalue weighted by atomic mass is 16.5. The van der Waals surface area contributed by atoms with E-state index in [1.807, 2.05) is 35.2 Å². The monoisotopic (exact) mass is 408 g/mol. The Bertz CT molecular complexity index is 920. The molecule has 158 valence electrons. The van der Waals surface area contributed by atoms with E-state index >= 15 is 0 Å². The number of piperidine rings is 1. The first kappa shape index (κ1) is 20.3. The van der Waals surface area contributed by atoms with E-state index < -0.39 is 5.60 Å². The molecule has 6 heteroatoms. The second kappa shape index (κ2) is 8.38. The second-order valence-electron chi connectivity index (χ2n) is 8.03. The van der Waals surface area contributed by atoms with Gasteiger partial charge in [-0.1, -0.05) is 37.3 Å². The Balaban J connectivity index is 1.49. The van der Waals surface area contributed by atoms with Crippen molar-refractivity contribution in [3.05, 3.63) is 59.7 Å². The van der Waals surface area contributed by atoms with E-state index in [1.54, 1.807) is 25.3 Å². The van der Waals surface area contributed by atoms with Crippen LogP contribution in [0.5, 0.6) is 11.5 Å². The summed E-state index contributed by atoms with van der Waals surface area (Å²) >= 11 is 0. The third kappa shape index (κ3) is 3.86. The minimum atomic E-state index is -0.515. The molecule has 0 aliphatic carbocycles. The molecule has 1 fully saturated rings. The number of carbonyl (C=O) groups is 2. The molecule has 4 rings (SSSR count). The van der Waals surface area contributed by atoms with Gasteiger partial charge >= 0.3 is 0 Å². The highest BCUT2D eigenvalue weighted by Crippen LogP contribution is 2.36. The molecule has 30 heavy (non-hydrogen) atoms. The van der Waals surface area contributed by atoms with Gasteiger partial charge in [-0.05, 0) is 24.1 Å². The van der Waals surface area contributed by atoms with Crippen LogP contribution >= 0.6 is 0 Å². The van der Waals surface area contributed by atoms with Gasteiger partial charge in [0.05, 0.1) is 25.1 Å². The maximum Gasteiger partial charge on any atom is 0.255 e. The van der Waals surface area contributed by atoms with Gasteiger partial charge in [0.15, 0.2) is 0 Å². The largest absolute Gasteiger partial charge is 0.497 e. The Labute approximate surface area is 177 Å². The number of hydrogen-bond donors (Lipinski definition) is 1. The molecule has 0 saturated carbocycles. The molecule has 1 saturated heterocycles. The Hall–Kier alpha value is -3.02. The molecule has 0 aromatic heterocycles. The van der Waals surface area contributed by atoms with Crippen LogP contribution in [0.25, 0.3) is 0 Å². The van der Waals surface area contributed by atoms with Crippen LogP contribution in [-0.2, 0) is 4.79 Å². The van der Waals surface area contributed by atoms with Crippen LogP contribution in [0, 0.1) is 0 Å². The molecule has 2 aromatic carbocycles. The van der Waals surface area contributed by atoms with Crippen molar-refractivity contribution in [3.63, 3.8) is 0 Å². The van der Waals surface area contributed by atoms with Gasteiger partial charge < -0.3 is 19.7 Å². The lowest BCUT2D eigenvalue weighted by Gasteiger charge is -2.42. The summed E-state index contributed by atoms with van der Waals surface area (Å²) in [6.45, 7) is 3.70. The Kier molecular flexibility index (Phi) is 5.66. The molecule has 1 atom stereocenters. The fraction of sp³-hybridized carbons (Fsp3) is 0.417. The topological polar surface area (TPSA) is 67.9 Å². The first-order valence-corrected chi connectivity index (χ1v) is 10.5. The van der Waals surface area contributed by atoms with Crippen LogP contribution in [0.3, 0.4) is 0 Å². The van der Waals surface area contributed by atoms with Crippen LogP contribution in [0.4, 0.5) is 0 Å². The lowest BCUT2D eigenvalue weighted by atomic mass is 9.88. The molecule has 2 aliphatic heterocycles. The Morgan fingerprint density at radius 3 is 2.60 bits per heavy atom. The molecular formula is C24H28N2O4. The van der Waals surface area contributed by atoms with Crippen molar-refractivity contribution in [1.82, 2.24) is 10.2 Å². The van der Waals surface area contributed by atoms with Gasteiger partial charge in [0, 0.05) is 32.0 Å². The van der Waals surface area contributed by atoms with E-state index in [0.29, 0.717) is 49.5 Å². The minimum absolute atomic E-state index is 0.125. The van der Waals surface area contributed by atoms with Crippen LogP contribution in [0.1, 0.15) is 48.0 Å². The van der Waals surface area contributed by atoms with Gasteiger partial charge in [0.25, 0.3) is 5.91 Å². The van der Waals surface area contributed by atoms with Crippen molar-refractivity contribution in [3.8, 4) is 11.5 Å². The van der Waals surface area contributed by atoms with Gasteiger partial charge in [0.2, 0.25) is 5.91 Å². The van der Waals surface area contributed by atoms with E-state index in [4.69, 9.17) is 9.47 Å². The average Bonchev–Trinajstić information content (AvgIpc) is 2.91. The van der Waals surface area contributed by atoms with E-state index in [1.165, 1.54) is 0 Å². The summed E-state index contributed by atoms with van der Waals surface area (Å²) in [6, 6.07) is 15.2. The third-order valence-electron chi connectivity index (χ3n) is 6.23. The van der Waals surface area contributed by atoms with Gasteiger partial charge in [-0.3, -0.25) is 9.59 Å². The van der Waals surface area contributed by atoms with Crippen LogP contribution in [0.2, 0.25) is 0 Å². The maximum absolute atomic E-state index is 13.2. The number of ether oxygens (including phenoxy) is 2. The molecule has 2 heterocycles. The third-order valence-corrected chi connectivity index (χ3v) is 6.23. The number of nitrogens with one attached hydrogen (secondary N) is 1. The summed E-state index contributed by atoms with van der Waals surface area (Å²) in [5, 5.41) is 2.99. The predicted octanol–water partition coefficient (Wildman–Crippen LogP) is 3.37. The number of benzene rings is 2. The van der Waals surface area contributed by atoms with Crippen molar-refractivity contribution in [2.24, 2.45) is 0 Å². The van der Waals surface area contributed by atoms with Crippen LogP contribution in [-0.4, -0.2) is 49.1 Å². The fourth-order valence-electron chi connectivity index (χ4n) is 4.38. The van der Waals surface area contributed by atoms with Gasteiger partial charge in [-0.2, -0.15) is 0 Å². The summed E-state index contributed by atoms with van der Waals surface area (Å²) < 4.78 is 11.7. The first-order valence-electron chi connectivity index (χ1n) is 10.5. The Morgan fingerprint density at radius 2 is 1.93 bits per heavy atom. The molecule has 0 radical (unpaired) electrons. The standard InChI is InChI=1S/C24H28N2O4/c1-3-19(17-7-5-4-6-8-17)23(28)26-13-11-24(12-14-26)16-25-22(27)20-10-9-18(29-2)15-21(20)30-24/h4-10,15,19H,3,11-14,16H2,1-2H3,(H,25,27). The lowest BCUT2D eigenvalue weighted by Crippen LogP contribution is -2.54. The van der Waals surface area contributed by atoms with Crippen molar-refractivity contribution < 1.29 is 19.1 Å². The smallest absolute Gasteiger partial charge is 0.255 e. The molecule has 1 unspecified atom stereocenters. The van der Waals surface area contributed by atoms with Crippen LogP contribution < -0.4 is 14.8 Å². The van der Waals surface area contributed by atoms with Crippen molar-refractivity contribution in [1.29, 1.82) is 0 Å². The summed E-state index contributed by atoms with van der Waals surface area (Å²) in [7, 11) is 1.59. The van der Waals surface area contributed by atoms with Gasteiger partial charge in [0.1, 0.15) is 17.1 Å². The molecule has 1 spiro atoms. The number of likely N-dealkylation sites (tertiary alicyclic amines) is 1. The molecule has 2 amide bonds. The molecular weight excluding hydrogens is 380 g/mol. The number of methoxy groups -OCH3 is 1. The highest BCUT2D eigenvalue weighted by Gasteiger charge is 2.41. The van der Waals surface area contributed by atoms with E-state index in [9.17, 15) is 9.59 Å². The summed E-state index contributed by atoms with van der Waals surface area (Å²) in [5.74, 6) is 1.09. The maximum atomic E-state index is 13.2.